The quantitative estimate of drug-likeness (QED) is 0.820. The summed E-state index contributed by atoms with van der Waals surface area (Å²) in [7, 11) is -0.633. The van der Waals surface area contributed by atoms with Gasteiger partial charge in [-0.1, -0.05) is 12.1 Å². The van der Waals surface area contributed by atoms with Gasteiger partial charge in [-0.25, -0.2) is 4.39 Å². The van der Waals surface area contributed by atoms with E-state index in [0.29, 0.717) is 16.2 Å². The summed E-state index contributed by atoms with van der Waals surface area (Å²) in [6.45, 7) is 7.83. The molecule has 0 saturated carbocycles. The van der Waals surface area contributed by atoms with Crippen molar-refractivity contribution >= 4 is 23.4 Å². The van der Waals surface area contributed by atoms with Crippen LogP contribution in [0.5, 0.6) is 5.75 Å². The van der Waals surface area contributed by atoms with E-state index in [0.717, 1.165) is 0 Å². The first-order valence-corrected chi connectivity index (χ1v) is 6.98. The number of halogens is 1. The molecule has 0 spiro atoms. The molecule has 0 atom stereocenters. The monoisotopic (exact) mass is 288 g/mol. The molecule has 1 fully saturated rings. The maximum Gasteiger partial charge on any atom is 0.495 e. The van der Waals surface area contributed by atoms with Gasteiger partial charge in [0, 0.05) is 5.39 Å². The summed E-state index contributed by atoms with van der Waals surface area (Å²) in [4.78, 5) is 0. The predicted octanol–water partition coefficient (Wildman–Crippen LogP) is 2.98. The highest BCUT2D eigenvalue weighted by molar-refractivity contribution is 6.65. The van der Waals surface area contributed by atoms with E-state index in [-0.39, 0.29) is 11.6 Å². The Morgan fingerprint density at radius 2 is 1.62 bits per heavy atom. The zero-order valence-electron chi connectivity index (χ0n) is 12.6. The van der Waals surface area contributed by atoms with Crippen LogP contribution in [0.1, 0.15) is 27.7 Å². The zero-order chi connectivity index (χ0) is 15.4. The first kappa shape index (κ1) is 14.4. The fourth-order valence-corrected chi connectivity index (χ4v) is 2.53. The molecule has 5 heteroatoms. The molecule has 0 radical (unpaired) electrons. The maximum absolute atomic E-state index is 13.9. The standard InChI is InChI=1S/C16H18BFO3/c1-15(2)16(3,4)21-17(20-15)13-9-10(19)8-12-11(13)6-5-7-14(12)18/h5-9,19H,1-4H3. The van der Waals surface area contributed by atoms with E-state index in [2.05, 4.69) is 0 Å². The van der Waals surface area contributed by atoms with E-state index in [1.165, 1.54) is 12.1 Å². The highest BCUT2D eigenvalue weighted by atomic mass is 19.1. The van der Waals surface area contributed by atoms with Gasteiger partial charge in [0.25, 0.3) is 0 Å². The lowest BCUT2D eigenvalue weighted by Gasteiger charge is -2.32. The van der Waals surface area contributed by atoms with Gasteiger partial charge in [-0.3, -0.25) is 0 Å². The van der Waals surface area contributed by atoms with Crippen molar-refractivity contribution in [2.75, 3.05) is 0 Å². The number of benzene rings is 2. The Hall–Kier alpha value is -1.59. The maximum atomic E-state index is 13.9. The number of phenolic OH excluding ortho intramolecular Hbond substituents is 1. The molecule has 2 aromatic carbocycles. The summed E-state index contributed by atoms with van der Waals surface area (Å²) in [5.41, 5.74) is -0.325. The van der Waals surface area contributed by atoms with Crippen LogP contribution in [-0.4, -0.2) is 23.4 Å². The molecule has 1 aliphatic heterocycles. The van der Waals surface area contributed by atoms with E-state index in [1.807, 2.05) is 27.7 Å². The fourth-order valence-electron chi connectivity index (χ4n) is 2.53. The second kappa shape index (κ2) is 4.45. The van der Waals surface area contributed by atoms with Gasteiger partial charge in [-0.2, -0.15) is 0 Å². The molecule has 3 nitrogen and oxygen atoms in total. The van der Waals surface area contributed by atoms with Crippen LogP contribution in [-0.2, 0) is 9.31 Å². The molecule has 21 heavy (non-hydrogen) atoms. The van der Waals surface area contributed by atoms with Gasteiger partial charge in [0.05, 0.1) is 11.2 Å². The second-order valence-corrected chi connectivity index (χ2v) is 6.46. The Balaban J connectivity index is 2.16. The molecule has 0 unspecified atom stereocenters. The van der Waals surface area contributed by atoms with Crippen LogP contribution in [0.15, 0.2) is 30.3 Å². The van der Waals surface area contributed by atoms with Gasteiger partial charge in [-0.15, -0.1) is 0 Å². The van der Waals surface area contributed by atoms with Gasteiger partial charge in [0.1, 0.15) is 11.6 Å². The van der Waals surface area contributed by atoms with Crippen LogP contribution in [0, 0.1) is 5.82 Å². The number of rotatable bonds is 1. The number of hydrogen-bond acceptors (Lipinski definition) is 3. The third-order valence-electron chi connectivity index (χ3n) is 4.47. The van der Waals surface area contributed by atoms with Gasteiger partial charge >= 0.3 is 7.12 Å². The van der Waals surface area contributed by atoms with Crippen LogP contribution in [0.2, 0.25) is 0 Å². The number of aromatic hydroxyl groups is 1. The van der Waals surface area contributed by atoms with Crippen molar-refractivity contribution in [1.82, 2.24) is 0 Å². The molecule has 0 aromatic heterocycles. The first-order valence-electron chi connectivity index (χ1n) is 6.98. The highest BCUT2D eigenvalue weighted by Crippen LogP contribution is 2.37. The Morgan fingerprint density at radius 3 is 2.24 bits per heavy atom. The van der Waals surface area contributed by atoms with Crippen LogP contribution in [0.3, 0.4) is 0 Å². The van der Waals surface area contributed by atoms with Gasteiger partial charge in [-0.05, 0) is 56.7 Å². The Kier molecular flexibility index (Phi) is 3.04. The van der Waals surface area contributed by atoms with Crippen molar-refractivity contribution in [1.29, 1.82) is 0 Å². The SMILES string of the molecule is CC1(C)OB(c2cc(O)cc3c(F)cccc23)OC1(C)C. The van der Waals surface area contributed by atoms with Gasteiger partial charge in [0.2, 0.25) is 0 Å². The highest BCUT2D eigenvalue weighted by Gasteiger charge is 2.52. The fraction of sp³-hybridized carbons (Fsp3) is 0.375. The van der Waals surface area contributed by atoms with Crippen molar-refractivity contribution in [2.45, 2.75) is 38.9 Å². The van der Waals surface area contributed by atoms with E-state index >= 15 is 0 Å². The van der Waals surface area contributed by atoms with Crippen molar-refractivity contribution in [3.63, 3.8) is 0 Å². The lowest BCUT2D eigenvalue weighted by molar-refractivity contribution is 0.00578. The molecular weight excluding hydrogens is 270 g/mol. The average molecular weight is 288 g/mol. The molecule has 0 aliphatic carbocycles. The largest absolute Gasteiger partial charge is 0.508 e. The normalized spacial score (nSPS) is 20.1. The first-order chi connectivity index (χ1) is 9.71. The smallest absolute Gasteiger partial charge is 0.495 e. The molecule has 1 N–H and O–H groups in total. The zero-order valence-corrected chi connectivity index (χ0v) is 12.6. The van der Waals surface area contributed by atoms with Gasteiger partial charge in [0.15, 0.2) is 0 Å². The minimum atomic E-state index is -0.633. The summed E-state index contributed by atoms with van der Waals surface area (Å²) < 4.78 is 25.9. The molecule has 1 aliphatic rings. The second-order valence-electron chi connectivity index (χ2n) is 6.46. The molecule has 2 aromatic rings. The van der Waals surface area contributed by atoms with Crippen LogP contribution in [0.4, 0.5) is 4.39 Å². The van der Waals surface area contributed by atoms with Crippen LogP contribution >= 0.6 is 0 Å². The Bertz CT molecular complexity index is 696. The Morgan fingerprint density at radius 1 is 1.00 bits per heavy atom. The summed E-state index contributed by atoms with van der Waals surface area (Å²) in [5, 5.41) is 10.9. The average Bonchev–Trinajstić information content (AvgIpc) is 2.59. The molecular formula is C16H18BFO3. The summed E-state index contributed by atoms with van der Waals surface area (Å²) in [5.74, 6) is -0.376. The number of hydrogen-bond donors (Lipinski definition) is 1. The van der Waals surface area contributed by atoms with Crippen molar-refractivity contribution in [3.05, 3.63) is 36.1 Å². The summed E-state index contributed by atoms with van der Waals surface area (Å²) in [6, 6.07) is 7.81. The van der Waals surface area contributed by atoms with Crippen LogP contribution in [0.25, 0.3) is 10.8 Å². The molecule has 0 amide bonds. The number of phenols is 1. The van der Waals surface area contributed by atoms with Gasteiger partial charge < -0.3 is 14.4 Å². The minimum Gasteiger partial charge on any atom is -0.508 e. The third-order valence-corrected chi connectivity index (χ3v) is 4.47. The lowest BCUT2D eigenvalue weighted by atomic mass is 9.76. The number of fused-ring (bicyclic) bond motifs is 1. The van der Waals surface area contributed by atoms with E-state index in [9.17, 15) is 9.50 Å². The molecule has 1 heterocycles. The molecule has 3 rings (SSSR count). The molecule has 1 saturated heterocycles. The van der Waals surface area contributed by atoms with E-state index in [1.54, 1.807) is 18.2 Å². The lowest BCUT2D eigenvalue weighted by Crippen LogP contribution is -2.41. The van der Waals surface area contributed by atoms with Crippen molar-refractivity contribution in [3.8, 4) is 5.75 Å². The molecule has 0 bridgehead atoms. The summed E-state index contributed by atoms with van der Waals surface area (Å²) in [6.07, 6.45) is 0. The summed E-state index contributed by atoms with van der Waals surface area (Å²) >= 11 is 0. The predicted molar refractivity (Wildman–Crippen MR) is 81.3 cm³/mol. The van der Waals surface area contributed by atoms with E-state index < -0.39 is 18.3 Å². The Labute approximate surface area is 123 Å². The molecule has 110 valence electrons. The van der Waals surface area contributed by atoms with Crippen LogP contribution < -0.4 is 5.46 Å². The van der Waals surface area contributed by atoms with E-state index in [4.69, 9.17) is 9.31 Å². The minimum absolute atomic E-state index is 0.00249. The van der Waals surface area contributed by atoms with Crippen molar-refractivity contribution in [2.24, 2.45) is 0 Å². The third kappa shape index (κ3) is 2.21. The van der Waals surface area contributed by atoms with Crippen molar-refractivity contribution < 1.29 is 18.8 Å². The topological polar surface area (TPSA) is 38.7 Å².